The second kappa shape index (κ2) is 9.11. The minimum Gasteiger partial charge on any atom is -0.495 e. The molecule has 6 heteroatoms. The van der Waals surface area contributed by atoms with Crippen LogP contribution in [0.15, 0.2) is 42.5 Å². The number of carbonyl (C=O) groups excluding carboxylic acids is 1. The van der Waals surface area contributed by atoms with Crippen LogP contribution in [0.5, 0.6) is 5.75 Å². The molecule has 27 heavy (non-hydrogen) atoms. The van der Waals surface area contributed by atoms with E-state index in [2.05, 4.69) is 41.4 Å². The van der Waals surface area contributed by atoms with Gasteiger partial charge in [0.25, 0.3) is 0 Å². The lowest BCUT2D eigenvalue weighted by Gasteiger charge is -2.34. The number of rotatable bonds is 6. The van der Waals surface area contributed by atoms with Gasteiger partial charge in [-0.25, -0.2) is 0 Å². The molecule has 0 bridgehead atoms. The maximum Gasteiger partial charge on any atom is 0.230 e. The summed E-state index contributed by atoms with van der Waals surface area (Å²) in [6.45, 7) is 7.11. The highest BCUT2D eigenvalue weighted by molar-refractivity contribution is 6.31. The van der Waals surface area contributed by atoms with Crippen LogP contribution in [0.1, 0.15) is 12.0 Å². The highest BCUT2D eigenvalue weighted by Crippen LogP contribution is 2.27. The van der Waals surface area contributed by atoms with E-state index in [9.17, 15) is 4.79 Å². The first kappa shape index (κ1) is 19.5. The molecule has 3 rings (SSSR count). The molecule has 0 aromatic heterocycles. The molecule has 0 saturated carbocycles. The smallest absolute Gasteiger partial charge is 0.230 e. The molecule has 0 unspecified atom stereocenters. The SMILES string of the molecule is COc1ccc(Cl)cc1NC(=O)CC[NH+]1CCN(c2ccccc2C)CC1. The monoisotopic (exact) mass is 388 g/mol. The maximum atomic E-state index is 12.3. The predicted molar refractivity (Wildman–Crippen MR) is 110 cm³/mol. The summed E-state index contributed by atoms with van der Waals surface area (Å²) in [4.78, 5) is 16.2. The highest BCUT2D eigenvalue weighted by Gasteiger charge is 2.21. The molecule has 1 aliphatic heterocycles. The van der Waals surface area contributed by atoms with Crippen molar-refractivity contribution >= 4 is 28.9 Å². The van der Waals surface area contributed by atoms with Crippen LogP contribution in [0.3, 0.4) is 0 Å². The van der Waals surface area contributed by atoms with Crippen molar-refractivity contribution in [2.45, 2.75) is 13.3 Å². The van der Waals surface area contributed by atoms with Gasteiger partial charge in [0.2, 0.25) is 5.91 Å². The topological polar surface area (TPSA) is 46.0 Å². The van der Waals surface area contributed by atoms with Gasteiger partial charge in [-0.3, -0.25) is 4.79 Å². The number of hydrogen-bond donors (Lipinski definition) is 2. The van der Waals surface area contributed by atoms with Crippen LogP contribution >= 0.6 is 11.6 Å². The predicted octanol–water partition coefficient (Wildman–Crippen LogP) is 2.39. The third-order valence-corrected chi connectivity index (χ3v) is 5.30. The zero-order valence-electron chi connectivity index (χ0n) is 15.9. The van der Waals surface area contributed by atoms with Gasteiger partial charge in [-0.1, -0.05) is 29.8 Å². The first-order chi connectivity index (χ1) is 13.1. The molecule has 0 spiro atoms. The van der Waals surface area contributed by atoms with Gasteiger partial charge < -0.3 is 19.9 Å². The normalized spacial score (nSPS) is 14.9. The maximum absolute atomic E-state index is 12.3. The summed E-state index contributed by atoms with van der Waals surface area (Å²) >= 11 is 6.02. The number of aryl methyl sites for hydroxylation is 1. The van der Waals surface area contributed by atoms with E-state index in [0.717, 1.165) is 32.7 Å². The zero-order chi connectivity index (χ0) is 19.2. The average Bonchev–Trinajstić information content (AvgIpc) is 2.67. The van der Waals surface area contributed by atoms with Crippen LogP contribution in [0.4, 0.5) is 11.4 Å². The van der Waals surface area contributed by atoms with Gasteiger partial charge in [0.15, 0.2) is 0 Å². The van der Waals surface area contributed by atoms with E-state index in [0.29, 0.717) is 22.9 Å². The Labute approximate surface area is 165 Å². The van der Waals surface area contributed by atoms with Gasteiger partial charge in [-0.05, 0) is 36.8 Å². The van der Waals surface area contributed by atoms with Gasteiger partial charge in [-0.2, -0.15) is 0 Å². The lowest BCUT2D eigenvalue weighted by Crippen LogP contribution is -3.15. The molecule has 1 saturated heterocycles. The van der Waals surface area contributed by atoms with E-state index in [1.165, 1.54) is 16.2 Å². The summed E-state index contributed by atoms with van der Waals surface area (Å²) in [5, 5.41) is 3.49. The van der Waals surface area contributed by atoms with Crippen molar-refractivity contribution in [1.82, 2.24) is 0 Å². The number of benzene rings is 2. The minimum absolute atomic E-state index is 0.00981. The summed E-state index contributed by atoms with van der Waals surface area (Å²) in [7, 11) is 1.58. The lowest BCUT2D eigenvalue weighted by molar-refractivity contribution is -0.900. The van der Waals surface area contributed by atoms with E-state index in [1.54, 1.807) is 25.3 Å². The number of anilines is 2. The molecule has 5 nitrogen and oxygen atoms in total. The largest absolute Gasteiger partial charge is 0.495 e. The summed E-state index contributed by atoms with van der Waals surface area (Å²) < 4.78 is 5.28. The van der Waals surface area contributed by atoms with Crippen LogP contribution in [-0.4, -0.2) is 45.7 Å². The van der Waals surface area contributed by atoms with Crippen molar-refractivity contribution in [3.05, 3.63) is 53.1 Å². The third kappa shape index (κ3) is 5.15. The Morgan fingerprint density at radius 1 is 1.22 bits per heavy atom. The Bertz CT molecular complexity index is 789. The van der Waals surface area contributed by atoms with Crippen molar-refractivity contribution in [1.29, 1.82) is 0 Å². The lowest BCUT2D eigenvalue weighted by atomic mass is 10.1. The number of hydrogen-bond acceptors (Lipinski definition) is 3. The fraction of sp³-hybridized carbons (Fsp3) is 0.381. The van der Waals surface area contributed by atoms with E-state index in [1.807, 2.05) is 0 Å². The number of nitrogens with zero attached hydrogens (tertiary/aromatic N) is 1. The van der Waals surface area contributed by atoms with Gasteiger partial charge in [0.05, 0.1) is 51.9 Å². The van der Waals surface area contributed by atoms with Crippen LogP contribution in [0.2, 0.25) is 5.02 Å². The fourth-order valence-corrected chi connectivity index (χ4v) is 3.69. The Hall–Kier alpha value is -2.24. The standard InChI is InChI=1S/C21H26ClN3O2/c1-16-5-3-4-6-19(16)25-13-11-24(12-14-25)10-9-21(26)23-18-15-17(22)7-8-20(18)27-2/h3-8,15H,9-14H2,1-2H3,(H,23,26)/p+1. The van der Waals surface area contributed by atoms with E-state index in [4.69, 9.17) is 16.3 Å². The quantitative estimate of drug-likeness (QED) is 0.798. The zero-order valence-corrected chi connectivity index (χ0v) is 16.7. The van der Waals surface area contributed by atoms with E-state index >= 15 is 0 Å². The molecule has 0 radical (unpaired) electrons. The van der Waals surface area contributed by atoms with Crippen molar-refractivity contribution in [3.8, 4) is 5.75 Å². The number of piperazine rings is 1. The number of quaternary nitrogens is 1. The van der Waals surface area contributed by atoms with Gasteiger partial charge in [0, 0.05) is 10.7 Å². The fourth-order valence-electron chi connectivity index (χ4n) is 3.51. The van der Waals surface area contributed by atoms with Gasteiger partial charge in [0.1, 0.15) is 5.75 Å². The Balaban J connectivity index is 1.47. The van der Waals surface area contributed by atoms with Crippen molar-refractivity contribution in [2.24, 2.45) is 0 Å². The van der Waals surface area contributed by atoms with Crippen molar-refractivity contribution in [3.63, 3.8) is 0 Å². The molecular formula is C21H27ClN3O2+. The first-order valence-electron chi connectivity index (χ1n) is 9.34. The second-order valence-electron chi connectivity index (χ2n) is 6.92. The molecule has 1 heterocycles. The number of para-hydroxylation sites is 1. The number of methoxy groups -OCH3 is 1. The minimum atomic E-state index is -0.00981. The van der Waals surface area contributed by atoms with Gasteiger partial charge in [-0.15, -0.1) is 0 Å². The number of halogens is 1. The highest BCUT2D eigenvalue weighted by atomic mass is 35.5. The Morgan fingerprint density at radius 3 is 2.67 bits per heavy atom. The second-order valence-corrected chi connectivity index (χ2v) is 7.35. The number of amides is 1. The first-order valence-corrected chi connectivity index (χ1v) is 9.72. The van der Waals surface area contributed by atoms with E-state index in [-0.39, 0.29) is 5.91 Å². The molecule has 144 valence electrons. The molecule has 0 aliphatic carbocycles. The molecule has 1 aliphatic rings. The summed E-state index contributed by atoms with van der Waals surface area (Å²) in [6, 6.07) is 13.7. The molecule has 1 amide bonds. The van der Waals surface area contributed by atoms with Crippen LogP contribution < -0.4 is 19.9 Å². The summed E-state index contributed by atoms with van der Waals surface area (Å²) in [5.74, 6) is 0.608. The van der Waals surface area contributed by atoms with Crippen LogP contribution in [-0.2, 0) is 4.79 Å². The Kier molecular flexibility index (Phi) is 6.58. The molecule has 2 aromatic carbocycles. The van der Waals surface area contributed by atoms with E-state index < -0.39 is 0 Å². The average molecular weight is 389 g/mol. The number of carbonyl (C=O) groups is 1. The molecule has 2 N–H and O–H groups in total. The van der Waals surface area contributed by atoms with Crippen LogP contribution in [0, 0.1) is 6.92 Å². The van der Waals surface area contributed by atoms with Crippen molar-refractivity contribution in [2.75, 3.05) is 50.1 Å². The molecular weight excluding hydrogens is 362 g/mol. The Morgan fingerprint density at radius 2 is 1.96 bits per heavy atom. The van der Waals surface area contributed by atoms with Crippen molar-refractivity contribution < 1.29 is 14.4 Å². The number of ether oxygens (including phenoxy) is 1. The van der Waals surface area contributed by atoms with Crippen LogP contribution in [0.25, 0.3) is 0 Å². The molecule has 0 atom stereocenters. The third-order valence-electron chi connectivity index (χ3n) is 5.07. The number of nitrogens with one attached hydrogen (secondary N) is 2. The summed E-state index contributed by atoms with van der Waals surface area (Å²) in [6.07, 6.45) is 0.482. The molecule has 1 fully saturated rings. The van der Waals surface area contributed by atoms with Gasteiger partial charge >= 0.3 is 0 Å². The summed E-state index contributed by atoms with van der Waals surface area (Å²) in [5.41, 5.74) is 3.26. The molecule has 2 aromatic rings.